The second kappa shape index (κ2) is 6.63. The SMILES string of the molecule is CCCNC(Cc1ccccc1)C1(C)CCCS1. The van der Waals surface area contributed by atoms with Gasteiger partial charge in [0.05, 0.1) is 0 Å². The third-order valence-electron chi connectivity index (χ3n) is 3.91. The van der Waals surface area contributed by atoms with Crippen LogP contribution in [0.5, 0.6) is 0 Å². The number of hydrogen-bond acceptors (Lipinski definition) is 2. The Hall–Kier alpha value is -0.470. The van der Waals surface area contributed by atoms with E-state index < -0.39 is 0 Å². The summed E-state index contributed by atoms with van der Waals surface area (Å²) in [6.45, 7) is 5.82. The molecule has 1 aromatic rings. The van der Waals surface area contributed by atoms with Crippen molar-refractivity contribution in [3.8, 4) is 0 Å². The summed E-state index contributed by atoms with van der Waals surface area (Å²) >= 11 is 2.16. The quantitative estimate of drug-likeness (QED) is 0.836. The van der Waals surface area contributed by atoms with Crippen molar-refractivity contribution < 1.29 is 0 Å². The van der Waals surface area contributed by atoms with Crippen molar-refractivity contribution in [1.29, 1.82) is 0 Å². The molecule has 1 N–H and O–H groups in total. The van der Waals surface area contributed by atoms with Crippen molar-refractivity contribution in [3.05, 3.63) is 35.9 Å². The van der Waals surface area contributed by atoms with E-state index in [1.54, 1.807) is 0 Å². The molecule has 2 rings (SSSR count). The summed E-state index contributed by atoms with van der Waals surface area (Å²) in [5, 5.41) is 3.78. The molecule has 0 bridgehead atoms. The molecule has 1 saturated heterocycles. The molecular weight excluding hydrogens is 238 g/mol. The molecule has 2 heteroatoms. The van der Waals surface area contributed by atoms with Gasteiger partial charge in [0, 0.05) is 10.8 Å². The Labute approximate surface area is 116 Å². The zero-order valence-corrected chi connectivity index (χ0v) is 12.4. The van der Waals surface area contributed by atoms with Crippen molar-refractivity contribution in [1.82, 2.24) is 5.32 Å². The molecule has 2 unspecified atom stereocenters. The largest absolute Gasteiger partial charge is 0.312 e. The van der Waals surface area contributed by atoms with E-state index in [0.29, 0.717) is 10.8 Å². The minimum absolute atomic E-state index is 0.422. The molecular formula is C16H25NS. The van der Waals surface area contributed by atoms with Gasteiger partial charge in [0.2, 0.25) is 0 Å². The van der Waals surface area contributed by atoms with Gasteiger partial charge in [-0.2, -0.15) is 11.8 Å². The van der Waals surface area contributed by atoms with Gasteiger partial charge in [-0.1, -0.05) is 37.3 Å². The summed E-state index contributed by atoms with van der Waals surface area (Å²) in [7, 11) is 0. The number of nitrogens with one attached hydrogen (secondary N) is 1. The van der Waals surface area contributed by atoms with Crippen LogP contribution in [-0.2, 0) is 6.42 Å². The lowest BCUT2D eigenvalue weighted by Gasteiger charge is -2.34. The Bertz CT molecular complexity index is 343. The van der Waals surface area contributed by atoms with Gasteiger partial charge in [0.15, 0.2) is 0 Å². The second-order valence-electron chi connectivity index (χ2n) is 5.46. The van der Waals surface area contributed by atoms with Crippen molar-refractivity contribution in [2.45, 2.75) is 50.3 Å². The molecule has 2 atom stereocenters. The predicted octanol–water partition coefficient (Wildman–Crippen LogP) is 3.88. The standard InChI is InChI=1S/C16H25NS/c1-3-11-17-15(16(2)10-7-12-18-16)13-14-8-5-4-6-9-14/h4-6,8-9,15,17H,3,7,10-13H2,1-2H3. The molecule has 1 nitrogen and oxygen atoms in total. The third-order valence-corrected chi connectivity index (χ3v) is 5.55. The smallest absolute Gasteiger partial charge is 0.0288 e. The number of thioether (sulfide) groups is 1. The Balaban J connectivity index is 2.05. The second-order valence-corrected chi connectivity index (χ2v) is 7.09. The first kappa shape index (κ1) is 14.0. The molecule has 0 aromatic heterocycles. The summed E-state index contributed by atoms with van der Waals surface area (Å²) in [6, 6.07) is 11.5. The molecule has 1 heterocycles. The van der Waals surface area contributed by atoms with Crippen molar-refractivity contribution in [2.24, 2.45) is 0 Å². The van der Waals surface area contributed by atoms with Gasteiger partial charge in [-0.15, -0.1) is 0 Å². The van der Waals surface area contributed by atoms with Gasteiger partial charge >= 0.3 is 0 Å². The highest BCUT2D eigenvalue weighted by molar-refractivity contribution is 8.00. The highest BCUT2D eigenvalue weighted by atomic mass is 32.2. The molecule has 0 amide bonds. The van der Waals surface area contributed by atoms with E-state index in [0.717, 1.165) is 13.0 Å². The zero-order valence-electron chi connectivity index (χ0n) is 11.6. The fraction of sp³-hybridized carbons (Fsp3) is 0.625. The van der Waals surface area contributed by atoms with E-state index in [-0.39, 0.29) is 0 Å². The average molecular weight is 263 g/mol. The number of rotatable bonds is 6. The lowest BCUT2D eigenvalue weighted by molar-refractivity contribution is 0.399. The fourth-order valence-corrected chi connectivity index (χ4v) is 4.16. The monoisotopic (exact) mass is 263 g/mol. The summed E-state index contributed by atoms with van der Waals surface area (Å²) < 4.78 is 0.422. The molecule has 1 aliphatic heterocycles. The van der Waals surface area contributed by atoms with Crippen LogP contribution in [-0.4, -0.2) is 23.1 Å². The maximum atomic E-state index is 3.78. The van der Waals surface area contributed by atoms with Crippen molar-refractivity contribution in [2.75, 3.05) is 12.3 Å². The van der Waals surface area contributed by atoms with Crippen molar-refractivity contribution in [3.63, 3.8) is 0 Å². The molecule has 1 aliphatic rings. The van der Waals surface area contributed by atoms with Gasteiger partial charge in [-0.05, 0) is 50.5 Å². The van der Waals surface area contributed by atoms with Crippen LogP contribution >= 0.6 is 11.8 Å². The van der Waals surface area contributed by atoms with Crippen LogP contribution in [0.15, 0.2) is 30.3 Å². The van der Waals surface area contributed by atoms with Gasteiger partial charge in [-0.25, -0.2) is 0 Å². The molecule has 1 aromatic carbocycles. The minimum Gasteiger partial charge on any atom is -0.312 e. The Kier molecular flexibility index (Phi) is 5.13. The Morgan fingerprint density at radius 3 is 2.72 bits per heavy atom. The lowest BCUT2D eigenvalue weighted by atomic mass is 9.90. The van der Waals surface area contributed by atoms with E-state index in [1.165, 1.54) is 30.6 Å². The first-order valence-electron chi connectivity index (χ1n) is 7.16. The Morgan fingerprint density at radius 2 is 2.11 bits per heavy atom. The molecule has 0 aliphatic carbocycles. The maximum Gasteiger partial charge on any atom is 0.0288 e. The average Bonchev–Trinajstić information content (AvgIpc) is 2.84. The molecule has 100 valence electrons. The van der Waals surface area contributed by atoms with Crippen LogP contribution in [0.25, 0.3) is 0 Å². The van der Waals surface area contributed by atoms with E-state index in [2.05, 4.69) is 61.3 Å². The molecule has 0 spiro atoms. The van der Waals surface area contributed by atoms with Crippen LogP contribution < -0.4 is 5.32 Å². The van der Waals surface area contributed by atoms with Crippen molar-refractivity contribution >= 4 is 11.8 Å². The van der Waals surface area contributed by atoms with Gasteiger partial charge in [-0.3, -0.25) is 0 Å². The highest BCUT2D eigenvalue weighted by Gasteiger charge is 2.37. The first-order chi connectivity index (χ1) is 8.74. The van der Waals surface area contributed by atoms with E-state index in [1.807, 2.05) is 0 Å². The lowest BCUT2D eigenvalue weighted by Crippen LogP contribution is -2.47. The predicted molar refractivity (Wildman–Crippen MR) is 82.3 cm³/mol. The van der Waals surface area contributed by atoms with E-state index in [4.69, 9.17) is 0 Å². The Morgan fingerprint density at radius 1 is 1.33 bits per heavy atom. The molecule has 18 heavy (non-hydrogen) atoms. The number of benzene rings is 1. The zero-order chi connectivity index (χ0) is 12.8. The summed E-state index contributed by atoms with van der Waals surface area (Å²) in [5.41, 5.74) is 1.46. The van der Waals surface area contributed by atoms with Crippen LogP contribution in [0.3, 0.4) is 0 Å². The summed E-state index contributed by atoms with van der Waals surface area (Å²) in [6.07, 6.45) is 5.10. The van der Waals surface area contributed by atoms with E-state index >= 15 is 0 Å². The minimum atomic E-state index is 0.422. The van der Waals surface area contributed by atoms with Crippen LogP contribution in [0.4, 0.5) is 0 Å². The fourth-order valence-electron chi connectivity index (χ4n) is 2.75. The topological polar surface area (TPSA) is 12.0 Å². The molecule has 1 fully saturated rings. The summed E-state index contributed by atoms with van der Waals surface area (Å²) in [5.74, 6) is 1.33. The number of hydrogen-bond donors (Lipinski definition) is 1. The third kappa shape index (κ3) is 3.52. The van der Waals surface area contributed by atoms with Gasteiger partial charge < -0.3 is 5.32 Å². The molecule has 0 saturated carbocycles. The maximum absolute atomic E-state index is 3.78. The van der Waals surface area contributed by atoms with Gasteiger partial charge in [0.1, 0.15) is 0 Å². The van der Waals surface area contributed by atoms with E-state index in [9.17, 15) is 0 Å². The van der Waals surface area contributed by atoms with Crippen LogP contribution in [0.1, 0.15) is 38.7 Å². The first-order valence-corrected chi connectivity index (χ1v) is 8.14. The molecule has 0 radical (unpaired) electrons. The highest BCUT2D eigenvalue weighted by Crippen LogP contribution is 2.41. The van der Waals surface area contributed by atoms with Crippen LogP contribution in [0.2, 0.25) is 0 Å². The van der Waals surface area contributed by atoms with Crippen LogP contribution in [0, 0.1) is 0 Å². The normalized spacial score (nSPS) is 25.2. The summed E-state index contributed by atoms with van der Waals surface area (Å²) in [4.78, 5) is 0. The van der Waals surface area contributed by atoms with Gasteiger partial charge in [0.25, 0.3) is 0 Å².